The highest BCUT2D eigenvalue weighted by atomic mass is 16.5. The first-order chi connectivity index (χ1) is 10.3. The van der Waals surface area contributed by atoms with Gasteiger partial charge in [0.1, 0.15) is 36.0 Å². The first kappa shape index (κ1) is 14.8. The Labute approximate surface area is 122 Å². The van der Waals surface area contributed by atoms with Gasteiger partial charge in [-0.15, -0.1) is 5.10 Å². The monoisotopic (exact) mass is 287 g/mol. The van der Waals surface area contributed by atoms with Crippen LogP contribution in [0.15, 0.2) is 24.3 Å². The highest BCUT2D eigenvalue weighted by Crippen LogP contribution is 2.19. The maximum atomic E-state index is 8.77. The van der Waals surface area contributed by atoms with E-state index in [9.17, 15) is 0 Å². The number of nitrogens with two attached hydrogens (primary N) is 1. The van der Waals surface area contributed by atoms with Gasteiger partial charge in [-0.1, -0.05) is 5.21 Å². The van der Waals surface area contributed by atoms with Crippen LogP contribution in [0.1, 0.15) is 18.3 Å². The molecule has 0 saturated carbocycles. The molecule has 110 valence electrons. The summed E-state index contributed by atoms with van der Waals surface area (Å²) in [4.78, 5) is 0. The van der Waals surface area contributed by atoms with Crippen LogP contribution < -0.4 is 15.2 Å². The van der Waals surface area contributed by atoms with Crippen LogP contribution in [0.5, 0.6) is 11.5 Å². The first-order valence-corrected chi connectivity index (χ1v) is 6.62. The summed E-state index contributed by atoms with van der Waals surface area (Å²) in [6.07, 6.45) is 0. The van der Waals surface area contributed by atoms with Crippen molar-refractivity contribution in [1.29, 1.82) is 5.26 Å². The predicted octanol–water partition coefficient (Wildman–Crippen LogP) is 1.24. The third kappa shape index (κ3) is 3.70. The van der Waals surface area contributed by atoms with Gasteiger partial charge in [-0.3, -0.25) is 0 Å². The maximum absolute atomic E-state index is 8.77. The molecule has 7 heteroatoms. The number of ether oxygens (including phenoxy) is 2. The molecular weight excluding hydrogens is 270 g/mol. The Morgan fingerprint density at radius 2 is 1.90 bits per heavy atom. The Morgan fingerprint density at radius 3 is 2.48 bits per heavy atom. The lowest BCUT2D eigenvalue weighted by atomic mass is 10.3. The lowest BCUT2D eigenvalue weighted by molar-refractivity contribution is 0.291. The summed E-state index contributed by atoms with van der Waals surface area (Å²) >= 11 is 0. The first-order valence-electron chi connectivity index (χ1n) is 6.62. The molecular formula is C14H17N5O2. The van der Waals surface area contributed by atoms with Crippen LogP contribution in [0, 0.1) is 11.3 Å². The lowest BCUT2D eigenvalue weighted by Crippen LogP contribution is -2.10. The summed E-state index contributed by atoms with van der Waals surface area (Å²) in [6, 6.07) is 9.36. The second-order valence-electron chi connectivity index (χ2n) is 4.20. The highest BCUT2D eigenvalue weighted by Gasteiger charge is 2.12. The number of hydrogen-bond acceptors (Lipinski definition) is 6. The van der Waals surface area contributed by atoms with E-state index in [1.807, 2.05) is 37.3 Å². The number of aromatic nitrogens is 3. The van der Waals surface area contributed by atoms with Crippen LogP contribution in [0.25, 0.3) is 0 Å². The fraction of sp³-hybridized carbons (Fsp3) is 0.357. The van der Waals surface area contributed by atoms with Gasteiger partial charge in [0.2, 0.25) is 0 Å². The Hall–Kier alpha value is -2.59. The zero-order chi connectivity index (χ0) is 15.1. The number of nitrogens with zero attached hydrogens (tertiary/aromatic N) is 4. The van der Waals surface area contributed by atoms with E-state index >= 15 is 0 Å². The molecule has 0 atom stereocenters. The Kier molecular flexibility index (Phi) is 5.12. The number of benzene rings is 1. The Balaban J connectivity index is 2.05. The summed E-state index contributed by atoms with van der Waals surface area (Å²) in [5.41, 5.74) is 6.96. The van der Waals surface area contributed by atoms with Crippen LogP contribution in [-0.2, 0) is 19.7 Å². The number of hydrogen-bond donors (Lipinski definition) is 1. The largest absolute Gasteiger partial charge is 0.494 e. The molecule has 21 heavy (non-hydrogen) atoms. The molecule has 2 N–H and O–H groups in total. The smallest absolute Gasteiger partial charge is 0.132 e. The van der Waals surface area contributed by atoms with Gasteiger partial charge in [0.05, 0.1) is 12.7 Å². The summed E-state index contributed by atoms with van der Waals surface area (Å²) in [5, 5.41) is 16.6. The van der Waals surface area contributed by atoms with Crippen LogP contribution in [0.4, 0.5) is 0 Å². The maximum Gasteiger partial charge on any atom is 0.132 e. The van der Waals surface area contributed by atoms with Gasteiger partial charge in [0.15, 0.2) is 0 Å². The SMILES string of the molecule is CCOc1ccc(OCc2c(CN)nnn2CC#N)cc1. The Morgan fingerprint density at radius 1 is 1.24 bits per heavy atom. The molecule has 2 aromatic rings. The standard InChI is InChI=1S/C14H17N5O2/c1-2-20-11-3-5-12(6-4-11)21-10-14-13(9-16)17-18-19(14)8-7-15/h3-6H,2,8-10,16H2,1H3. The van der Waals surface area contributed by atoms with E-state index in [1.165, 1.54) is 4.68 Å². The average molecular weight is 287 g/mol. The van der Waals surface area contributed by atoms with Crippen LogP contribution >= 0.6 is 0 Å². The number of nitriles is 1. The van der Waals surface area contributed by atoms with E-state index in [1.54, 1.807) is 0 Å². The van der Waals surface area contributed by atoms with Gasteiger partial charge in [0.25, 0.3) is 0 Å². The summed E-state index contributed by atoms with van der Waals surface area (Å²) in [6.45, 7) is 3.19. The van der Waals surface area contributed by atoms with E-state index in [-0.39, 0.29) is 19.7 Å². The van der Waals surface area contributed by atoms with Gasteiger partial charge >= 0.3 is 0 Å². The molecule has 0 spiro atoms. The quantitative estimate of drug-likeness (QED) is 0.822. The van der Waals surface area contributed by atoms with Gasteiger partial charge in [-0.05, 0) is 31.2 Å². The molecule has 1 aromatic carbocycles. The van der Waals surface area contributed by atoms with Crippen LogP contribution in [0.2, 0.25) is 0 Å². The normalized spacial score (nSPS) is 10.1. The van der Waals surface area contributed by atoms with Crippen LogP contribution in [0.3, 0.4) is 0 Å². The molecule has 0 amide bonds. The molecule has 0 fully saturated rings. The summed E-state index contributed by atoms with van der Waals surface area (Å²) in [5.74, 6) is 1.50. The number of rotatable bonds is 7. The van der Waals surface area contributed by atoms with Crippen molar-refractivity contribution >= 4 is 0 Å². The summed E-state index contributed by atoms with van der Waals surface area (Å²) < 4.78 is 12.6. The molecule has 7 nitrogen and oxygen atoms in total. The van der Waals surface area contributed by atoms with Crippen molar-refractivity contribution in [2.24, 2.45) is 5.73 Å². The minimum absolute atomic E-state index is 0.120. The molecule has 1 aromatic heterocycles. The molecule has 0 aliphatic heterocycles. The molecule has 0 saturated heterocycles. The highest BCUT2D eigenvalue weighted by molar-refractivity contribution is 5.31. The van der Waals surface area contributed by atoms with Gasteiger partial charge < -0.3 is 15.2 Å². The minimum Gasteiger partial charge on any atom is -0.494 e. The van der Waals surface area contributed by atoms with E-state index in [2.05, 4.69) is 10.3 Å². The van der Waals surface area contributed by atoms with Gasteiger partial charge in [0, 0.05) is 6.54 Å². The van der Waals surface area contributed by atoms with E-state index in [4.69, 9.17) is 20.5 Å². The molecule has 0 aliphatic rings. The zero-order valence-electron chi connectivity index (χ0n) is 11.8. The predicted molar refractivity (Wildman–Crippen MR) is 75.5 cm³/mol. The lowest BCUT2D eigenvalue weighted by Gasteiger charge is -2.09. The third-order valence-corrected chi connectivity index (χ3v) is 2.84. The topological polar surface area (TPSA) is 99.0 Å². The zero-order valence-corrected chi connectivity index (χ0v) is 11.8. The van der Waals surface area contributed by atoms with Crippen molar-refractivity contribution < 1.29 is 9.47 Å². The second kappa shape index (κ2) is 7.26. The molecule has 0 unspecified atom stereocenters. The third-order valence-electron chi connectivity index (χ3n) is 2.84. The van der Waals surface area contributed by atoms with Gasteiger partial charge in [-0.2, -0.15) is 5.26 Å². The van der Waals surface area contributed by atoms with Crippen LogP contribution in [-0.4, -0.2) is 21.6 Å². The minimum atomic E-state index is 0.120. The fourth-order valence-electron chi connectivity index (χ4n) is 1.83. The summed E-state index contributed by atoms with van der Waals surface area (Å²) in [7, 11) is 0. The van der Waals surface area contributed by atoms with Crippen molar-refractivity contribution in [2.45, 2.75) is 26.6 Å². The Bertz CT molecular complexity index is 615. The molecule has 0 bridgehead atoms. The molecule has 0 radical (unpaired) electrons. The molecule has 2 rings (SSSR count). The van der Waals surface area contributed by atoms with Crippen molar-refractivity contribution in [3.8, 4) is 17.6 Å². The van der Waals surface area contributed by atoms with Crippen molar-refractivity contribution in [3.05, 3.63) is 35.7 Å². The molecule has 0 aliphatic carbocycles. The fourth-order valence-corrected chi connectivity index (χ4v) is 1.83. The van der Waals surface area contributed by atoms with E-state index in [0.29, 0.717) is 23.7 Å². The average Bonchev–Trinajstić information content (AvgIpc) is 2.89. The van der Waals surface area contributed by atoms with Crippen molar-refractivity contribution in [1.82, 2.24) is 15.0 Å². The van der Waals surface area contributed by atoms with Crippen molar-refractivity contribution in [3.63, 3.8) is 0 Å². The van der Waals surface area contributed by atoms with Crippen molar-refractivity contribution in [2.75, 3.05) is 6.61 Å². The molecule has 1 heterocycles. The second-order valence-corrected chi connectivity index (χ2v) is 4.20. The van der Waals surface area contributed by atoms with E-state index in [0.717, 1.165) is 5.75 Å². The van der Waals surface area contributed by atoms with E-state index < -0.39 is 0 Å². The van der Waals surface area contributed by atoms with Gasteiger partial charge in [-0.25, -0.2) is 4.68 Å².